The second-order valence-electron chi connectivity index (χ2n) is 7.35. The minimum atomic E-state index is -3.46. The zero-order chi connectivity index (χ0) is 22.2. The normalized spacial score (nSPS) is 15.4. The first kappa shape index (κ1) is 23.1. The molecule has 0 radical (unpaired) electrons. The van der Waals surface area contributed by atoms with Crippen LogP contribution in [-0.2, 0) is 16.3 Å². The zero-order valence-electron chi connectivity index (χ0n) is 16.2. The van der Waals surface area contributed by atoms with Crippen LogP contribution < -0.4 is 4.90 Å². The molecule has 2 aromatic carbocycles. The Kier molecular flexibility index (Phi) is 7.06. The van der Waals surface area contributed by atoms with Gasteiger partial charge in [0.15, 0.2) is 15.0 Å². The zero-order valence-corrected chi connectivity index (χ0v) is 20.9. The first-order valence-electron chi connectivity index (χ1n) is 9.56. The summed E-state index contributed by atoms with van der Waals surface area (Å²) in [4.78, 5) is 7.10. The first-order chi connectivity index (χ1) is 14.7. The molecule has 164 valence electrons. The average molecular weight is 536 g/mol. The molecule has 31 heavy (non-hydrogen) atoms. The summed E-state index contributed by atoms with van der Waals surface area (Å²) in [5.74, 6) is 0. The molecule has 10 heteroatoms. The van der Waals surface area contributed by atoms with E-state index in [0.29, 0.717) is 47.4 Å². The highest BCUT2D eigenvalue weighted by molar-refractivity contribution is 7.92. The SMILES string of the molecule is O=S(=O)(c1ccc(Cl)c(Cl)c1)C1CCN(c2nc(Cc3ccc(Cl)c(Cl)c3)cs2)CC1. The van der Waals surface area contributed by atoms with Crippen LogP contribution in [0.1, 0.15) is 24.1 Å². The van der Waals surface area contributed by atoms with Crippen molar-refractivity contribution in [3.05, 3.63) is 73.1 Å². The summed E-state index contributed by atoms with van der Waals surface area (Å²) in [5, 5.41) is 4.13. The lowest BCUT2D eigenvalue weighted by Gasteiger charge is -2.31. The van der Waals surface area contributed by atoms with Crippen LogP contribution in [0, 0.1) is 0 Å². The Balaban J connectivity index is 1.41. The van der Waals surface area contributed by atoms with E-state index in [1.54, 1.807) is 17.4 Å². The number of hydrogen-bond donors (Lipinski definition) is 0. The summed E-state index contributed by atoms with van der Waals surface area (Å²) in [6.45, 7) is 1.26. The molecule has 1 saturated heterocycles. The van der Waals surface area contributed by atoms with Crippen LogP contribution in [0.3, 0.4) is 0 Å². The van der Waals surface area contributed by atoms with Gasteiger partial charge in [-0.1, -0.05) is 52.5 Å². The van der Waals surface area contributed by atoms with Gasteiger partial charge in [0.05, 0.1) is 35.9 Å². The molecule has 0 unspecified atom stereocenters. The van der Waals surface area contributed by atoms with Gasteiger partial charge in [0.2, 0.25) is 0 Å². The predicted octanol–water partition coefficient (Wildman–Crippen LogP) is 6.79. The molecule has 1 fully saturated rings. The molecular weight excluding hydrogens is 518 g/mol. The first-order valence-corrected chi connectivity index (χ1v) is 13.5. The molecule has 0 spiro atoms. The Morgan fingerprint density at radius 2 is 1.58 bits per heavy atom. The fourth-order valence-electron chi connectivity index (χ4n) is 3.59. The summed E-state index contributed by atoms with van der Waals surface area (Å²) < 4.78 is 26.0. The number of thiazole rings is 1. The van der Waals surface area contributed by atoms with Crippen molar-refractivity contribution in [1.29, 1.82) is 0 Å². The van der Waals surface area contributed by atoms with Crippen LogP contribution >= 0.6 is 57.7 Å². The van der Waals surface area contributed by atoms with Crippen molar-refractivity contribution in [1.82, 2.24) is 4.98 Å². The topological polar surface area (TPSA) is 50.3 Å². The molecule has 0 aliphatic carbocycles. The second-order valence-corrected chi connectivity index (χ2v) is 12.0. The van der Waals surface area contributed by atoms with Gasteiger partial charge in [0.1, 0.15) is 0 Å². The Bertz CT molecular complexity index is 1210. The predicted molar refractivity (Wildman–Crippen MR) is 130 cm³/mol. The van der Waals surface area contributed by atoms with Crippen molar-refractivity contribution in [3.8, 4) is 0 Å². The number of hydrogen-bond acceptors (Lipinski definition) is 5. The fourth-order valence-corrected chi connectivity index (χ4v) is 6.90. The molecule has 4 nitrogen and oxygen atoms in total. The quantitative estimate of drug-likeness (QED) is 0.361. The highest BCUT2D eigenvalue weighted by Crippen LogP contribution is 2.32. The Labute approximate surface area is 205 Å². The number of nitrogens with zero attached hydrogens (tertiary/aromatic N) is 2. The van der Waals surface area contributed by atoms with Crippen molar-refractivity contribution in [3.63, 3.8) is 0 Å². The van der Waals surface area contributed by atoms with E-state index in [-0.39, 0.29) is 9.92 Å². The maximum absolute atomic E-state index is 13.0. The third-order valence-corrected chi connectivity index (χ3v) is 9.97. The van der Waals surface area contributed by atoms with Crippen LogP contribution in [0.15, 0.2) is 46.7 Å². The highest BCUT2D eigenvalue weighted by atomic mass is 35.5. The van der Waals surface area contributed by atoms with Crippen LogP contribution in [0.25, 0.3) is 0 Å². The summed E-state index contributed by atoms with van der Waals surface area (Å²) in [6, 6.07) is 10.0. The molecule has 3 aromatic rings. The molecule has 1 aliphatic heterocycles. The van der Waals surface area contributed by atoms with Crippen LogP contribution in [0.5, 0.6) is 0 Å². The maximum Gasteiger partial charge on any atom is 0.185 e. The van der Waals surface area contributed by atoms with Crippen molar-refractivity contribution in [2.24, 2.45) is 0 Å². The van der Waals surface area contributed by atoms with E-state index in [9.17, 15) is 8.42 Å². The van der Waals surface area contributed by atoms with Gasteiger partial charge in [-0.15, -0.1) is 11.3 Å². The third-order valence-electron chi connectivity index (χ3n) is 5.28. The molecule has 4 rings (SSSR count). The second kappa shape index (κ2) is 9.46. The Morgan fingerprint density at radius 1 is 0.935 bits per heavy atom. The van der Waals surface area contributed by atoms with E-state index >= 15 is 0 Å². The van der Waals surface area contributed by atoms with Crippen LogP contribution in [0.2, 0.25) is 20.1 Å². The molecule has 0 amide bonds. The Morgan fingerprint density at radius 3 is 2.23 bits per heavy atom. The molecule has 2 heterocycles. The van der Waals surface area contributed by atoms with Gasteiger partial charge in [-0.25, -0.2) is 13.4 Å². The molecule has 1 aliphatic rings. The van der Waals surface area contributed by atoms with E-state index in [1.807, 2.05) is 17.5 Å². The van der Waals surface area contributed by atoms with Gasteiger partial charge in [0.25, 0.3) is 0 Å². The van der Waals surface area contributed by atoms with Gasteiger partial charge in [-0.2, -0.15) is 0 Å². The van der Waals surface area contributed by atoms with Crippen LogP contribution in [-0.4, -0.2) is 31.7 Å². The van der Waals surface area contributed by atoms with Crippen molar-refractivity contribution in [2.45, 2.75) is 29.4 Å². The molecule has 0 saturated carbocycles. The third kappa shape index (κ3) is 5.15. The molecule has 0 N–H and O–H groups in total. The summed E-state index contributed by atoms with van der Waals surface area (Å²) >= 11 is 25.6. The van der Waals surface area contributed by atoms with E-state index in [4.69, 9.17) is 51.4 Å². The van der Waals surface area contributed by atoms with E-state index in [1.165, 1.54) is 18.2 Å². The monoisotopic (exact) mass is 534 g/mol. The maximum atomic E-state index is 13.0. The van der Waals surface area contributed by atoms with Gasteiger partial charge >= 0.3 is 0 Å². The van der Waals surface area contributed by atoms with Crippen molar-refractivity contribution < 1.29 is 8.42 Å². The Hall–Kier alpha value is -1.02. The number of anilines is 1. The number of aromatic nitrogens is 1. The molecule has 0 atom stereocenters. The van der Waals surface area contributed by atoms with E-state index < -0.39 is 15.1 Å². The molecule has 1 aromatic heterocycles. The lowest BCUT2D eigenvalue weighted by molar-refractivity contribution is 0.529. The minimum absolute atomic E-state index is 0.221. The average Bonchev–Trinajstić information content (AvgIpc) is 3.21. The summed E-state index contributed by atoms with van der Waals surface area (Å²) in [7, 11) is -3.46. The lowest BCUT2D eigenvalue weighted by atomic mass is 10.1. The lowest BCUT2D eigenvalue weighted by Crippen LogP contribution is -2.39. The van der Waals surface area contributed by atoms with Crippen LogP contribution in [0.4, 0.5) is 5.13 Å². The number of halogens is 4. The molecule has 0 bridgehead atoms. The highest BCUT2D eigenvalue weighted by Gasteiger charge is 2.32. The fraction of sp³-hybridized carbons (Fsp3) is 0.286. The van der Waals surface area contributed by atoms with Crippen molar-refractivity contribution >= 4 is 72.7 Å². The van der Waals surface area contributed by atoms with E-state index in [2.05, 4.69) is 4.90 Å². The minimum Gasteiger partial charge on any atom is -0.348 e. The largest absolute Gasteiger partial charge is 0.348 e. The van der Waals surface area contributed by atoms with Gasteiger partial charge < -0.3 is 4.90 Å². The van der Waals surface area contributed by atoms with Gasteiger partial charge in [-0.05, 0) is 48.7 Å². The smallest absolute Gasteiger partial charge is 0.185 e. The number of benzene rings is 2. The van der Waals surface area contributed by atoms with Gasteiger partial charge in [0, 0.05) is 24.9 Å². The van der Waals surface area contributed by atoms with Crippen molar-refractivity contribution in [2.75, 3.05) is 18.0 Å². The van der Waals surface area contributed by atoms with E-state index in [0.717, 1.165) is 16.4 Å². The number of piperidine rings is 1. The van der Waals surface area contributed by atoms with Gasteiger partial charge in [-0.3, -0.25) is 0 Å². The standard InChI is InChI=1S/C21H18Cl4N2O2S2/c22-17-3-1-13(10-19(17)24)9-14-12-30-21(26-14)27-7-5-15(6-8-27)31(28,29)16-2-4-18(23)20(25)11-16/h1-4,10-12,15H,5-9H2. The number of sulfone groups is 1. The summed E-state index contributed by atoms with van der Waals surface area (Å²) in [5.41, 5.74) is 1.99. The molecular formula is C21H18Cl4N2O2S2. The summed E-state index contributed by atoms with van der Waals surface area (Å²) in [6.07, 6.45) is 1.73. The number of rotatable bonds is 5.